The van der Waals surface area contributed by atoms with E-state index in [4.69, 9.17) is 23.2 Å². The molecule has 0 spiro atoms. The van der Waals surface area contributed by atoms with Crippen molar-refractivity contribution in [3.05, 3.63) is 0 Å². The van der Waals surface area contributed by atoms with E-state index in [-0.39, 0.29) is 4.84 Å². The Morgan fingerprint density at radius 2 is 0.889 bits per heavy atom. The first-order valence-electron chi connectivity index (χ1n) is 8.05. The van der Waals surface area contributed by atoms with E-state index in [2.05, 4.69) is 6.92 Å². The second kappa shape index (κ2) is 15.6. The van der Waals surface area contributed by atoms with E-state index in [0.29, 0.717) is 0 Å². The minimum atomic E-state index is -0.155. The van der Waals surface area contributed by atoms with Crippen LogP contribution in [0.3, 0.4) is 0 Å². The molecule has 0 aliphatic carbocycles. The van der Waals surface area contributed by atoms with Crippen molar-refractivity contribution < 1.29 is 0 Å². The Morgan fingerprint density at radius 1 is 0.556 bits per heavy atom. The maximum absolute atomic E-state index is 5.69. The van der Waals surface area contributed by atoms with Gasteiger partial charge >= 0.3 is 0 Å². The molecular weight excluding hydrogens is 263 g/mol. The van der Waals surface area contributed by atoms with Crippen LogP contribution in [0.5, 0.6) is 0 Å². The third kappa shape index (κ3) is 16.6. The fourth-order valence-corrected chi connectivity index (χ4v) is 2.63. The van der Waals surface area contributed by atoms with Crippen LogP contribution in [0.15, 0.2) is 0 Å². The molecule has 0 aliphatic rings. The molecule has 0 amide bonds. The number of alkyl halides is 2. The van der Waals surface area contributed by atoms with E-state index in [1.165, 1.54) is 83.5 Å². The number of halogens is 2. The molecule has 0 rings (SSSR count). The van der Waals surface area contributed by atoms with Gasteiger partial charge in [-0.1, -0.05) is 90.4 Å². The molecule has 0 aromatic carbocycles. The van der Waals surface area contributed by atoms with E-state index in [9.17, 15) is 0 Å². The topological polar surface area (TPSA) is 0 Å². The lowest BCUT2D eigenvalue weighted by Crippen LogP contribution is -1.87. The average molecular weight is 295 g/mol. The summed E-state index contributed by atoms with van der Waals surface area (Å²) in [5.74, 6) is 0. The van der Waals surface area contributed by atoms with E-state index in [0.717, 1.165) is 6.42 Å². The predicted octanol–water partition coefficient (Wildman–Crippen LogP) is 7.27. The van der Waals surface area contributed by atoms with Crippen LogP contribution in [0, 0.1) is 0 Å². The standard InChI is InChI=1S/C16H32Cl2/c1-2-3-4-5-6-7-8-9-10-11-12-13-14-15-16(17)18/h16H,2-15H2,1H3. The lowest BCUT2D eigenvalue weighted by atomic mass is 10.0. The first kappa shape index (κ1) is 18.6. The van der Waals surface area contributed by atoms with Crippen LogP contribution in [0.4, 0.5) is 0 Å². The summed E-state index contributed by atoms with van der Waals surface area (Å²) in [5.41, 5.74) is 0. The smallest absolute Gasteiger partial charge is 0.105 e. The zero-order valence-electron chi connectivity index (χ0n) is 12.2. The molecule has 0 N–H and O–H groups in total. The summed E-state index contributed by atoms with van der Waals surface area (Å²) in [6.07, 6.45) is 19.1. The molecule has 0 nitrogen and oxygen atoms in total. The molecule has 0 saturated carbocycles. The first-order chi connectivity index (χ1) is 8.77. The Hall–Kier alpha value is 0.580. The normalized spacial score (nSPS) is 11.3. The maximum atomic E-state index is 5.69. The third-order valence-corrected chi connectivity index (χ3v) is 3.96. The number of unbranched alkanes of at least 4 members (excludes halogenated alkanes) is 12. The molecule has 2 heteroatoms. The molecule has 0 bridgehead atoms. The Balaban J connectivity index is 2.90. The van der Waals surface area contributed by atoms with Gasteiger partial charge in [-0.25, -0.2) is 0 Å². The van der Waals surface area contributed by atoms with E-state index in [1.54, 1.807) is 0 Å². The predicted molar refractivity (Wildman–Crippen MR) is 85.8 cm³/mol. The fraction of sp³-hybridized carbons (Fsp3) is 1.00. The minimum Gasteiger partial charge on any atom is -0.105 e. The van der Waals surface area contributed by atoms with Crippen molar-refractivity contribution in [2.24, 2.45) is 0 Å². The molecule has 0 aromatic heterocycles. The van der Waals surface area contributed by atoms with Gasteiger partial charge in [-0.2, -0.15) is 0 Å². The van der Waals surface area contributed by atoms with Crippen LogP contribution in [0.25, 0.3) is 0 Å². The van der Waals surface area contributed by atoms with Gasteiger partial charge in [0, 0.05) is 0 Å². The lowest BCUT2D eigenvalue weighted by molar-refractivity contribution is 0.537. The molecule has 110 valence electrons. The molecule has 18 heavy (non-hydrogen) atoms. The third-order valence-electron chi connectivity index (χ3n) is 3.53. The van der Waals surface area contributed by atoms with Crippen molar-refractivity contribution >= 4 is 23.2 Å². The van der Waals surface area contributed by atoms with Crippen molar-refractivity contribution in [1.29, 1.82) is 0 Å². The van der Waals surface area contributed by atoms with E-state index < -0.39 is 0 Å². The van der Waals surface area contributed by atoms with E-state index >= 15 is 0 Å². The summed E-state index contributed by atoms with van der Waals surface area (Å²) in [4.78, 5) is -0.155. The quantitative estimate of drug-likeness (QED) is 0.233. The highest BCUT2D eigenvalue weighted by Crippen LogP contribution is 2.15. The van der Waals surface area contributed by atoms with Gasteiger partial charge < -0.3 is 0 Å². The van der Waals surface area contributed by atoms with Crippen LogP contribution in [0.1, 0.15) is 96.8 Å². The molecule has 0 saturated heterocycles. The zero-order valence-corrected chi connectivity index (χ0v) is 13.7. The van der Waals surface area contributed by atoms with Crippen LogP contribution in [-0.4, -0.2) is 4.84 Å². The van der Waals surface area contributed by atoms with Crippen LogP contribution < -0.4 is 0 Å². The molecule has 0 heterocycles. The highest BCUT2D eigenvalue weighted by Gasteiger charge is 1.98. The van der Waals surface area contributed by atoms with Crippen molar-refractivity contribution in [3.8, 4) is 0 Å². The summed E-state index contributed by atoms with van der Waals surface area (Å²) in [7, 11) is 0. The van der Waals surface area contributed by atoms with Gasteiger partial charge in [0.15, 0.2) is 0 Å². The lowest BCUT2D eigenvalue weighted by Gasteiger charge is -2.03. The summed E-state index contributed by atoms with van der Waals surface area (Å²) in [6.45, 7) is 2.28. The highest BCUT2D eigenvalue weighted by atomic mass is 35.5. The van der Waals surface area contributed by atoms with Crippen molar-refractivity contribution in [2.75, 3.05) is 0 Å². The van der Waals surface area contributed by atoms with Crippen molar-refractivity contribution in [3.63, 3.8) is 0 Å². The monoisotopic (exact) mass is 294 g/mol. The van der Waals surface area contributed by atoms with Gasteiger partial charge in [0.05, 0.1) is 0 Å². The van der Waals surface area contributed by atoms with Crippen molar-refractivity contribution in [2.45, 2.75) is 102 Å². The van der Waals surface area contributed by atoms with Crippen LogP contribution in [-0.2, 0) is 0 Å². The van der Waals surface area contributed by atoms with E-state index in [1.807, 2.05) is 0 Å². The molecule has 0 aliphatic heterocycles. The SMILES string of the molecule is CCCCCCCCCCCCCCCC(Cl)Cl. The largest absolute Gasteiger partial charge is 0.107 e. The molecule has 0 radical (unpaired) electrons. The fourth-order valence-electron chi connectivity index (χ4n) is 2.32. The number of hydrogen-bond donors (Lipinski definition) is 0. The molecule has 0 fully saturated rings. The second-order valence-electron chi connectivity index (χ2n) is 5.42. The van der Waals surface area contributed by atoms with Crippen LogP contribution in [0.2, 0.25) is 0 Å². The summed E-state index contributed by atoms with van der Waals surface area (Å²) >= 11 is 11.4. The average Bonchev–Trinajstić information content (AvgIpc) is 2.34. The summed E-state index contributed by atoms with van der Waals surface area (Å²) < 4.78 is 0. The van der Waals surface area contributed by atoms with Gasteiger partial charge in [0.25, 0.3) is 0 Å². The zero-order chi connectivity index (χ0) is 13.5. The van der Waals surface area contributed by atoms with Gasteiger partial charge in [-0.3, -0.25) is 0 Å². The summed E-state index contributed by atoms with van der Waals surface area (Å²) in [6, 6.07) is 0. The Labute approximate surface area is 125 Å². The second-order valence-corrected chi connectivity index (χ2v) is 6.70. The molecule has 0 atom stereocenters. The number of hydrogen-bond acceptors (Lipinski definition) is 0. The minimum absolute atomic E-state index is 0.155. The molecular formula is C16H32Cl2. The molecule has 0 aromatic rings. The van der Waals surface area contributed by atoms with Crippen LogP contribution >= 0.6 is 23.2 Å². The first-order valence-corrected chi connectivity index (χ1v) is 8.92. The van der Waals surface area contributed by atoms with Gasteiger partial charge in [-0.15, -0.1) is 23.2 Å². The maximum Gasteiger partial charge on any atom is 0.107 e. The highest BCUT2D eigenvalue weighted by molar-refractivity contribution is 6.44. The van der Waals surface area contributed by atoms with Gasteiger partial charge in [-0.05, 0) is 6.42 Å². The number of rotatable bonds is 14. The Kier molecular flexibility index (Phi) is 16.1. The van der Waals surface area contributed by atoms with Gasteiger partial charge in [0.2, 0.25) is 0 Å². The Morgan fingerprint density at radius 3 is 1.22 bits per heavy atom. The molecule has 0 unspecified atom stereocenters. The Bertz CT molecular complexity index is 146. The summed E-state index contributed by atoms with van der Waals surface area (Å²) in [5, 5.41) is 0. The van der Waals surface area contributed by atoms with Gasteiger partial charge in [0.1, 0.15) is 4.84 Å². The van der Waals surface area contributed by atoms with Crippen molar-refractivity contribution in [1.82, 2.24) is 0 Å².